The Bertz CT molecular complexity index is 837. The molecule has 0 aliphatic rings. The molecule has 0 unspecified atom stereocenters. The van der Waals surface area contributed by atoms with Crippen molar-refractivity contribution in [3.05, 3.63) is 62.5 Å². The Morgan fingerprint density at radius 2 is 1.85 bits per heavy atom. The minimum absolute atomic E-state index is 0.135. The number of nitrogens with one attached hydrogen (secondary N) is 1. The molecule has 140 valence electrons. The first-order valence-corrected chi connectivity index (χ1v) is 9.26. The zero-order valence-electron chi connectivity index (χ0n) is 14.9. The van der Waals surface area contributed by atoms with Crippen LogP contribution >= 0.6 is 23.2 Å². The largest absolute Gasteiger partial charge is 0.329 e. The predicted molar refractivity (Wildman–Crippen MR) is 107 cm³/mol. The van der Waals surface area contributed by atoms with Crippen LogP contribution in [0.5, 0.6) is 0 Å². The first-order chi connectivity index (χ1) is 12.3. The van der Waals surface area contributed by atoms with Gasteiger partial charge in [0.05, 0.1) is 27.7 Å². The molecule has 1 aromatic carbocycles. The van der Waals surface area contributed by atoms with E-state index in [9.17, 15) is 9.59 Å². The van der Waals surface area contributed by atoms with Gasteiger partial charge in [0.15, 0.2) is 0 Å². The number of benzene rings is 1. The van der Waals surface area contributed by atoms with Crippen LogP contribution in [0.25, 0.3) is 0 Å². The van der Waals surface area contributed by atoms with E-state index < -0.39 is 5.41 Å². The average Bonchev–Trinajstić information content (AvgIpc) is 2.63. The lowest BCUT2D eigenvalue weighted by Gasteiger charge is -2.28. The second kappa shape index (κ2) is 8.71. The third kappa shape index (κ3) is 4.47. The van der Waals surface area contributed by atoms with Crippen LogP contribution in [0.1, 0.15) is 32.3 Å². The molecule has 0 bridgehead atoms. The van der Waals surface area contributed by atoms with Crippen LogP contribution in [0.2, 0.25) is 10.0 Å². The summed E-state index contributed by atoms with van der Waals surface area (Å²) in [4.78, 5) is 24.8. The zero-order valence-corrected chi connectivity index (χ0v) is 16.4. The Labute approximate surface area is 163 Å². The van der Waals surface area contributed by atoms with Gasteiger partial charge in [-0.1, -0.05) is 43.1 Å². The van der Waals surface area contributed by atoms with Gasteiger partial charge in [-0.05, 0) is 36.6 Å². The third-order valence-corrected chi connectivity index (χ3v) is 5.54. The smallest absolute Gasteiger partial charge is 0.250 e. The van der Waals surface area contributed by atoms with Crippen molar-refractivity contribution in [2.45, 2.75) is 33.2 Å². The number of halogens is 2. The van der Waals surface area contributed by atoms with E-state index in [4.69, 9.17) is 28.9 Å². The van der Waals surface area contributed by atoms with Crippen molar-refractivity contribution in [3.63, 3.8) is 0 Å². The second-order valence-electron chi connectivity index (χ2n) is 6.28. The average molecular weight is 396 g/mol. The van der Waals surface area contributed by atoms with Crippen LogP contribution < -0.4 is 16.6 Å². The molecule has 0 aliphatic heterocycles. The zero-order chi connectivity index (χ0) is 19.3. The summed E-state index contributed by atoms with van der Waals surface area (Å²) in [7, 11) is 0. The Balaban J connectivity index is 2.25. The van der Waals surface area contributed by atoms with E-state index in [1.54, 1.807) is 30.5 Å². The maximum atomic E-state index is 12.7. The molecule has 1 amide bonds. The van der Waals surface area contributed by atoms with Crippen molar-refractivity contribution in [1.82, 2.24) is 4.57 Å². The summed E-state index contributed by atoms with van der Waals surface area (Å²) < 4.78 is 1.51. The SMILES string of the molecule is CCC(CC)(CN)C(=O)Nc1ccc(=O)n(Cc2ccc(Cl)c(Cl)c2)c1. The van der Waals surface area contributed by atoms with Gasteiger partial charge in [-0.25, -0.2) is 0 Å². The molecular formula is C19H23Cl2N3O2. The van der Waals surface area contributed by atoms with Gasteiger partial charge >= 0.3 is 0 Å². The Kier molecular flexibility index (Phi) is 6.87. The molecule has 26 heavy (non-hydrogen) atoms. The standard InChI is InChI=1S/C19H23Cl2N3O2/c1-3-19(4-2,12-22)18(26)23-14-6-8-17(25)24(11-14)10-13-5-7-15(20)16(21)9-13/h5-9,11H,3-4,10,12,22H2,1-2H3,(H,23,26). The number of hydrogen-bond donors (Lipinski definition) is 2. The number of carbonyl (C=O) groups excluding carboxylic acids is 1. The molecule has 2 aromatic rings. The van der Waals surface area contributed by atoms with E-state index in [2.05, 4.69) is 5.32 Å². The summed E-state index contributed by atoms with van der Waals surface area (Å²) in [6, 6.07) is 8.23. The van der Waals surface area contributed by atoms with E-state index in [0.29, 0.717) is 35.1 Å². The fraction of sp³-hybridized carbons (Fsp3) is 0.368. The van der Waals surface area contributed by atoms with Crippen molar-refractivity contribution in [2.75, 3.05) is 11.9 Å². The van der Waals surface area contributed by atoms with Gasteiger partial charge in [0.25, 0.3) is 5.56 Å². The lowest BCUT2D eigenvalue weighted by Crippen LogP contribution is -2.41. The number of hydrogen-bond acceptors (Lipinski definition) is 3. The molecule has 0 saturated carbocycles. The van der Waals surface area contributed by atoms with Gasteiger partial charge in [0.2, 0.25) is 5.91 Å². The maximum absolute atomic E-state index is 12.7. The second-order valence-corrected chi connectivity index (χ2v) is 7.09. The number of aromatic nitrogens is 1. The summed E-state index contributed by atoms with van der Waals surface area (Å²) in [6.07, 6.45) is 2.92. The minimum Gasteiger partial charge on any atom is -0.329 e. The van der Waals surface area contributed by atoms with Crippen LogP contribution in [0.4, 0.5) is 5.69 Å². The molecule has 1 heterocycles. The minimum atomic E-state index is -0.606. The number of anilines is 1. The van der Waals surface area contributed by atoms with E-state index in [1.165, 1.54) is 10.6 Å². The highest BCUT2D eigenvalue weighted by Crippen LogP contribution is 2.27. The molecule has 0 atom stereocenters. The van der Waals surface area contributed by atoms with Crippen molar-refractivity contribution in [2.24, 2.45) is 11.1 Å². The summed E-state index contributed by atoms with van der Waals surface area (Å²) in [6.45, 7) is 4.49. The molecule has 7 heteroatoms. The molecule has 2 rings (SSSR count). The molecule has 0 spiro atoms. The molecule has 0 aliphatic carbocycles. The highest BCUT2D eigenvalue weighted by atomic mass is 35.5. The Morgan fingerprint density at radius 1 is 1.15 bits per heavy atom. The number of rotatable bonds is 7. The van der Waals surface area contributed by atoms with Crippen LogP contribution in [0.3, 0.4) is 0 Å². The van der Waals surface area contributed by atoms with Crippen LogP contribution in [0.15, 0.2) is 41.3 Å². The number of nitrogens with zero attached hydrogens (tertiary/aromatic N) is 1. The first-order valence-electron chi connectivity index (χ1n) is 8.51. The van der Waals surface area contributed by atoms with E-state index in [-0.39, 0.29) is 18.0 Å². The Morgan fingerprint density at radius 3 is 2.42 bits per heavy atom. The van der Waals surface area contributed by atoms with Gasteiger partial charge in [-0.2, -0.15) is 0 Å². The van der Waals surface area contributed by atoms with E-state index in [0.717, 1.165) is 5.56 Å². The van der Waals surface area contributed by atoms with Crippen LogP contribution in [-0.4, -0.2) is 17.0 Å². The van der Waals surface area contributed by atoms with Gasteiger partial charge in [-0.3, -0.25) is 9.59 Å². The molecule has 3 N–H and O–H groups in total. The highest BCUT2D eigenvalue weighted by molar-refractivity contribution is 6.42. The summed E-state index contributed by atoms with van der Waals surface area (Å²) in [5.74, 6) is -0.135. The fourth-order valence-electron chi connectivity index (χ4n) is 2.78. The van der Waals surface area contributed by atoms with Crippen LogP contribution in [-0.2, 0) is 11.3 Å². The first kappa shape index (κ1) is 20.5. The number of carbonyl (C=O) groups is 1. The van der Waals surface area contributed by atoms with Crippen molar-refractivity contribution >= 4 is 34.8 Å². The van der Waals surface area contributed by atoms with Crippen LogP contribution in [0, 0.1) is 5.41 Å². The van der Waals surface area contributed by atoms with Crippen molar-refractivity contribution < 1.29 is 4.79 Å². The van der Waals surface area contributed by atoms with Gasteiger partial charge < -0.3 is 15.6 Å². The summed E-state index contributed by atoms with van der Waals surface area (Å²) in [5, 5.41) is 3.77. The predicted octanol–water partition coefficient (Wildman–Crippen LogP) is 3.91. The maximum Gasteiger partial charge on any atom is 0.250 e. The van der Waals surface area contributed by atoms with Crippen molar-refractivity contribution in [3.8, 4) is 0 Å². The summed E-state index contributed by atoms with van der Waals surface area (Å²) >= 11 is 12.0. The normalized spacial score (nSPS) is 11.4. The molecular weight excluding hydrogens is 373 g/mol. The molecule has 0 fully saturated rings. The molecule has 5 nitrogen and oxygen atoms in total. The number of amides is 1. The van der Waals surface area contributed by atoms with Gasteiger partial charge in [0.1, 0.15) is 0 Å². The Hall–Kier alpha value is -1.82. The topological polar surface area (TPSA) is 77.1 Å². The monoisotopic (exact) mass is 395 g/mol. The fourth-order valence-corrected chi connectivity index (χ4v) is 3.10. The third-order valence-electron chi connectivity index (χ3n) is 4.80. The lowest BCUT2D eigenvalue weighted by molar-refractivity contribution is -0.125. The number of pyridine rings is 1. The molecule has 0 radical (unpaired) electrons. The molecule has 0 saturated heterocycles. The van der Waals surface area contributed by atoms with Crippen molar-refractivity contribution in [1.29, 1.82) is 0 Å². The van der Waals surface area contributed by atoms with E-state index in [1.807, 2.05) is 13.8 Å². The number of nitrogens with two attached hydrogens (primary N) is 1. The lowest BCUT2D eigenvalue weighted by atomic mass is 9.81. The molecule has 1 aromatic heterocycles. The highest BCUT2D eigenvalue weighted by Gasteiger charge is 2.33. The van der Waals surface area contributed by atoms with Gasteiger partial charge in [-0.15, -0.1) is 0 Å². The quantitative estimate of drug-likeness (QED) is 0.745. The van der Waals surface area contributed by atoms with E-state index >= 15 is 0 Å². The van der Waals surface area contributed by atoms with Gasteiger partial charge in [0, 0.05) is 18.8 Å². The summed E-state index contributed by atoms with van der Waals surface area (Å²) in [5.41, 5.74) is 6.43.